The van der Waals surface area contributed by atoms with E-state index in [2.05, 4.69) is 4.98 Å². The number of imidazole rings is 1. The number of carbonyl (C=O) groups is 3. The van der Waals surface area contributed by atoms with Crippen LogP contribution >= 0.6 is 11.6 Å². The van der Waals surface area contributed by atoms with Crippen molar-refractivity contribution in [2.75, 3.05) is 9.80 Å². The molecule has 0 aliphatic carbocycles. The van der Waals surface area contributed by atoms with E-state index < -0.39 is 5.97 Å². The van der Waals surface area contributed by atoms with Crippen molar-refractivity contribution in [3.05, 3.63) is 88.7 Å². The van der Waals surface area contributed by atoms with E-state index in [1.54, 1.807) is 58.5 Å². The SMILES string of the molecule is CC(=O)N(c1ccc(Cl)cc1)[C@@H]1C[C@H](C)N(C(=O)c2ccc3c(c2)nc(C)n3CC(=O)O)c2ccccc21. The maximum atomic E-state index is 13.9. The highest BCUT2D eigenvalue weighted by Crippen LogP contribution is 2.43. The maximum Gasteiger partial charge on any atom is 0.323 e. The van der Waals surface area contributed by atoms with E-state index in [4.69, 9.17) is 11.6 Å². The second-order valence-corrected chi connectivity index (χ2v) is 9.98. The fourth-order valence-electron chi connectivity index (χ4n) is 5.38. The molecule has 3 aromatic carbocycles. The minimum absolute atomic E-state index is 0.100. The van der Waals surface area contributed by atoms with E-state index in [-0.39, 0.29) is 30.4 Å². The van der Waals surface area contributed by atoms with Crippen LogP contribution in [0.4, 0.5) is 11.4 Å². The average Bonchev–Trinajstić information content (AvgIpc) is 3.18. The zero-order valence-corrected chi connectivity index (χ0v) is 22.0. The highest BCUT2D eigenvalue weighted by atomic mass is 35.5. The van der Waals surface area contributed by atoms with Crippen molar-refractivity contribution in [1.29, 1.82) is 0 Å². The Labute approximate surface area is 225 Å². The summed E-state index contributed by atoms with van der Waals surface area (Å²) in [6.07, 6.45) is 0.541. The van der Waals surface area contributed by atoms with E-state index in [1.165, 1.54) is 0 Å². The number of carboxylic acids is 1. The Kier molecular flexibility index (Phi) is 6.67. The molecule has 0 saturated heterocycles. The molecule has 0 fully saturated rings. The zero-order chi connectivity index (χ0) is 27.1. The molecule has 0 saturated carbocycles. The lowest BCUT2D eigenvalue weighted by molar-refractivity contribution is -0.137. The van der Waals surface area contributed by atoms with Crippen LogP contribution in [0.2, 0.25) is 5.02 Å². The standard InChI is InChI=1S/C29H27ClN4O4/c1-17-14-27(34(19(3)35)22-11-9-21(30)10-12-22)23-6-4-5-7-25(23)33(17)29(38)20-8-13-26-24(15-20)31-18(2)32(26)16-28(36)37/h4-13,15,17,27H,14,16H2,1-3H3,(H,36,37)/t17-,27+/m0/s1. The van der Waals surface area contributed by atoms with Crippen LogP contribution in [-0.4, -0.2) is 38.5 Å². The topological polar surface area (TPSA) is 95.7 Å². The fourth-order valence-corrected chi connectivity index (χ4v) is 5.50. The third-order valence-corrected chi connectivity index (χ3v) is 7.27. The van der Waals surface area contributed by atoms with Crippen molar-refractivity contribution >= 4 is 51.8 Å². The van der Waals surface area contributed by atoms with E-state index in [1.807, 2.05) is 43.3 Å². The first-order valence-electron chi connectivity index (χ1n) is 12.3. The average molecular weight is 531 g/mol. The summed E-state index contributed by atoms with van der Waals surface area (Å²) >= 11 is 6.09. The first-order valence-corrected chi connectivity index (χ1v) is 12.7. The van der Waals surface area contributed by atoms with Crippen LogP contribution < -0.4 is 9.80 Å². The Hall–Kier alpha value is -4.17. The summed E-state index contributed by atoms with van der Waals surface area (Å²) in [5.74, 6) is -0.675. The van der Waals surface area contributed by atoms with E-state index in [0.717, 1.165) is 16.9 Å². The minimum Gasteiger partial charge on any atom is -0.480 e. The number of rotatable bonds is 5. The maximum absolute atomic E-state index is 13.9. The first kappa shape index (κ1) is 25.5. The van der Waals surface area contributed by atoms with Crippen LogP contribution in [0.25, 0.3) is 11.0 Å². The van der Waals surface area contributed by atoms with Crippen molar-refractivity contribution in [1.82, 2.24) is 9.55 Å². The largest absolute Gasteiger partial charge is 0.480 e. The lowest BCUT2D eigenvalue weighted by atomic mass is 9.89. The molecule has 5 rings (SSSR count). The first-order chi connectivity index (χ1) is 18.2. The molecule has 0 radical (unpaired) electrons. The van der Waals surface area contributed by atoms with Gasteiger partial charge in [0.15, 0.2) is 0 Å². The molecule has 1 aliphatic rings. The summed E-state index contributed by atoms with van der Waals surface area (Å²) in [4.78, 5) is 46.1. The molecule has 194 valence electrons. The molecule has 4 aromatic rings. The van der Waals surface area contributed by atoms with Gasteiger partial charge in [-0.15, -0.1) is 0 Å². The van der Waals surface area contributed by atoms with Crippen LogP contribution in [0.3, 0.4) is 0 Å². The van der Waals surface area contributed by atoms with Crippen LogP contribution in [-0.2, 0) is 16.1 Å². The van der Waals surface area contributed by atoms with Gasteiger partial charge in [-0.25, -0.2) is 4.98 Å². The summed E-state index contributed by atoms with van der Waals surface area (Å²) < 4.78 is 1.61. The quantitative estimate of drug-likeness (QED) is 0.361. The molecule has 2 amide bonds. The minimum atomic E-state index is -0.959. The zero-order valence-electron chi connectivity index (χ0n) is 21.3. The molecule has 1 aliphatic heterocycles. The van der Waals surface area contributed by atoms with Gasteiger partial charge in [0, 0.05) is 34.9 Å². The number of benzene rings is 3. The summed E-state index contributed by atoms with van der Waals surface area (Å²) in [6, 6.07) is 19.5. The van der Waals surface area contributed by atoms with Gasteiger partial charge in [0.05, 0.1) is 17.1 Å². The summed E-state index contributed by atoms with van der Waals surface area (Å²) in [5.41, 5.74) is 4.05. The molecule has 2 atom stereocenters. The molecule has 0 bridgehead atoms. The number of amides is 2. The molecular weight excluding hydrogens is 504 g/mol. The van der Waals surface area contributed by atoms with E-state index in [9.17, 15) is 19.5 Å². The molecule has 0 unspecified atom stereocenters. The van der Waals surface area contributed by atoms with Gasteiger partial charge < -0.3 is 19.5 Å². The van der Waals surface area contributed by atoms with Gasteiger partial charge in [0.1, 0.15) is 12.4 Å². The van der Waals surface area contributed by atoms with Crippen LogP contribution in [0.15, 0.2) is 66.7 Å². The van der Waals surface area contributed by atoms with Gasteiger partial charge in [0.25, 0.3) is 5.91 Å². The van der Waals surface area contributed by atoms with Gasteiger partial charge in [-0.05, 0) is 74.4 Å². The number of fused-ring (bicyclic) bond motifs is 2. The number of nitrogens with zero attached hydrogens (tertiary/aromatic N) is 4. The third-order valence-electron chi connectivity index (χ3n) is 7.01. The monoisotopic (exact) mass is 530 g/mol. The number of hydrogen-bond donors (Lipinski definition) is 1. The number of hydrogen-bond acceptors (Lipinski definition) is 4. The van der Waals surface area contributed by atoms with Gasteiger partial charge in [-0.3, -0.25) is 14.4 Å². The molecule has 8 nitrogen and oxygen atoms in total. The second-order valence-electron chi connectivity index (χ2n) is 9.54. The molecule has 1 N–H and O–H groups in total. The second kappa shape index (κ2) is 9.95. The van der Waals surface area contributed by atoms with Gasteiger partial charge >= 0.3 is 5.97 Å². The van der Waals surface area contributed by atoms with Crippen LogP contribution in [0, 0.1) is 6.92 Å². The number of carboxylic acid groups (broad SMARTS) is 1. The summed E-state index contributed by atoms with van der Waals surface area (Å²) in [6.45, 7) is 5.06. The molecule has 2 heterocycles. The van der Waals surface area contributed by atoms with Crippen molar-refractivity contribution < 1.29 is 19.5 Å². The smallest absolute Gasteiger partial charge is 0.323 e. The van der Waals surface area contributed by atoms with Gasteiger partial charge in [-0.2, -0.15) is 0 Å². The van der Waals surface area contributed by atoms with Gasteiger partial charge in [-0.1, -0.05) is 29.8 Å². The molecule has 0 spiro atoms. The molecule has 9 heteroatoms. The van der Waals surface area contributed by atoms with E-state index in [0.29, 0.717) is 33.9 Å². The molecular formula is C29H27ClN4O4. The van der Waals surface area contributed by atoms with Crippen molar-refractivity contribution in [2.24, 2.45) is 0 Å². The Morgan fingerprint density at radius 2 is 1.79 bits per heavy atom. The van der Waals surface area contributed by atoms with Crippen molar-refractivity contribution in [2.45, 2.75) is 45.8 Å². The number of aromatic nitrogens is 2. The Bertz CT molecular complexity index is 1560. The number of carbonyl (C=O) groups excluding carboxylic acids is 2. The van der Waals surface area contributed by atoms with Crippen molar-refractivity contribution in [3.8, 4) is 0 Å². The predicted molar refractivity (Wildman–Crippen MR) is 147 cm³/mol. The third kappa shape index (κ3) is 4.52. The summed E-state index contributed by atoms with van der Waals surface area (Å²) in [7, 11) is 0. The highest BCUT2D eigenvalue weighted by molar-refractivity contribution is 6.30. The molecule has 1 aromatic heterocycles. The number of anilines is 2. The van der Waals surface area contributed by atoms with Crippen molar-refractivity contribution in [3.63, 3.8) is 0 Å². The lowest BCUT2D eigenvalue weighted by Crippen LogP contribution is -2.47. The Morgan fingerprint density at radius 3 is 2.47 bits per heavy atom. The number of para-hydroxylation sites is 1. The lowest BCUT2D eigenvalue weighted by Gasteiger charge is -2.43. The fraction of sp³-hybridized carbons (Fsp3) is 0.241. The number of aryl methyl sites for hydroxylation is 1. The number of halogens is 1. The van der Waals surface area contributed by atoms with Crippen LogP contribution in [0.5, 0.6) is 0 Å². The Morgan fingerprint density at radius 1 is 1.08 bits per heavy atom. The summed E-state index contributed by atoms with van der Waals surface area (Å²) in [5, 5.41) is 9.83. The normalized spacial score (nSPS) is 16.8. The molecule has 38 heavy (non-hydrogen) atoms. The van der Waals surface area contributed by atoms with E-state index >= 15 is 0 Å². The van der Waals surface area contributed by atoms with Gasteiger partial charge in [0.2, 0.25) is 5.91 Å². The Balaban J connectivity index is 1.53. The number of aliphatic carboxylic acids is 1. The highest BCUT2D eigenvalue weighted by Gasteiger charge is 2.38. The van der Waals surface area contributed by atoms with Crippen LogP contribution in [0.1, 0.15) is 48.1 Å². The predicted octanol–water partition coefficient (Wildman–Crippen LogP) is 5.62.